The Kier molecular flexibility index (Phi) is 10.1. The van der Waals surface area contributed by atoms with Crippen LogP contribution in [-0.4, -0.2) is 109 Å². The van der Waals surface area contributed by atoms with Gasteiger partial charge in [-0.1, -0.05) is 18.7 Å². The van der Waals surface area contributed by atoms with E-state index in [-0.39, 0.29) is 29.3 Å². The van der Waals surface area contributed by atoms with Gasteiger partial charge in [0.1, 0.15) is 23.0 Å². The number of fused-ring (bicyclic) bond motifs is 2. The number of likely N-dealkylation sites (tertiary alicyclic amines) is 1. The van der Waals surface area contributed by atoms with Crippen molar-refractivity contribution in [1.82, 2.24) is 24.3 Å². The number of aromatic nitrogens is 3. The molecule has 2 fully saturated rings. The Morgan fingerprint density at radius 1 is 1.06 bits per heavy atom. The fourth-order valence-corrected chi connectivity index (χ4v) is 7.73. The quantitative estimate of drug-likeness (QED) is 0.203. The minimum atomic E-state index is -0.350. The number of nitrogens with zero attached hydrogens (tertiary/aromatic N) is 8. The minimum Gasteiger partial charge on any atom is -0.494 e. The third kappa shape index (κ3) is 6.66. The van der Waals surface area contributed by atoms with E-state index in [1.165, 1.54) is 6.08 Å². The topological polar surface area (TPSA) is 119 Å². The highest BCUT2D eigenvalue weighted by molar-refractivity contribution is 6.27. The summed E-state index contributed by atoms with van der Waals surface area (Å²) in [7, 11) is 3.77. The van der Waals surface area contributed by atoms with Crippen molar-refractivity contribution in [2.24, 2.45) is 0 Å². The van der Waals surface area contributed by atoms with Crippen LogP contribution in [0.2, 0.25) is 0 Å². The zero-order valence-electron chi connectivity index (χ0n) is 29.8. The lowest BCUT2D eigenvalue weighted by molar-refractivity contribution is -0.130. The van der Waals surface area contributed by atoms with E-state index in [0.717, 1.165) is 48.8 Å². The molecule has 2 aromatic heterocycles. The molecule has 0 radical (unpaired) electrons. The summed E-state index contributed by atoms with van der Waals surface area (Å²) in [5.41, 5.74) is 4.82. The SMILES string of the molecule is C=CC(=O)N1CCN(c2cc3cnc(Nc4ccc(N5CCN(C)CC5)cc4OC)nc3n([C@@H]3CCCN(C(=O)CCl)C3)c2=O)c2cccc(C)c21. The number of amides is 2. The van der Waals surface area contributed by atoms with Gasteiger partial charge in [-0.2, -0.15) is 4.98 Å². The molecule has 0 spiro atoms. The van der Waals surface area contributed by atoms with Crippen LogP contribution >= 0.6 is 11.6 Å². The summed E-state index contributed by atoms with van der Waals surface area (Å²) in [5.74, 6) is 0.463. The lowest BCUT2D eigenvalue weighted by atomic mass is 10.0. The Hall–Kier alpha value is -5.14. The first kappa shape index (κ1) is 35.3. The summed E-state index contributed by atoms with van der Waals surface area (Å²) >= 11 is 5.98. The Bertz CT molecular complexity index is 2080. The van der Waals surface area contributed by atoms with Gasteiger partial charge < -0.3 is 34.6 Å². The molecule has 14 heteroatoms. The predicted octanol–water partition coefficient (Wildman–Crippen LogP) is 4.68. The van der Waals surface area contributed by atoms with Crippen LogP contribution in [0.4, 0.5) is 34.4 Å². The zero-order valence-corrected chi connectivity index (χ0v) is 30.6. The van der Waals surface area contributed by atoms with Gasteiger partial charge in [0.05, 0.1) is 30.2 Å². The number of piperidine rings is 1. The molecule has 1 atom stereocenters. The van der Waals surface area contributed by atoms with Crippen LogP contribution in [0.15, 0.2) is 66.1 Å². The second-order valence-corrected chi connectivity index (χ2v) is 13.8. The Morgan fingerprint density at radius 3 is 2.62 bits per heavy atom. The number of carbonyl (C=O) groups excluding carboxylic acids is 2. The molecule has 3 aliphatic heterocycles. The van der Waals surface area contributed by atoms with E-state index in [9.17, 15) is 14.4 Å². The summed E-state index contributed by atoms with van der Waals surface area (Å²) < 4.78 is 7.51. The van der Waals surface area contributed by atoms with Gasteiger partial charge in [-0.05, 0) is 62.7 Å². The van der Waals surface area contributed by atoms with Crippen molar-refractivity contribution >= 4 is 68.8 Å². The molecule has 7 rings (SSSR count). The summed E-state index contributed by atoms with van der Waals surface area (Å²) in [5, 5.41) is 3.99. The molecule has 0 unspecified atom stereocenters. The van der Waals surface area contributed by atoms with Crippen molar-refractivity contribution in [3.8, 4) is 5.75 Å². The number of hydrogen-bond acceptors (Lipinski definition) is 10. The third-order valence-electron chi connectivity index (χ3n) is 10.3. The molecule has 0 aliphatic carbocycles. The molecule has 1 N–H and O–H groups in total. The van der Waals surface area contributed by atoms with E-state index < -0.39 is 0 Å². The summed E-state index contributed by atoms with van der Waals surface area (Å²) in [6.07, 6.45) is 4.42. The smallest absolute Gasteiger partial charge is 0.276 e. The number of piperazine rings is 1. The first-order valence-corrected chi connectivity index (χ1v) is 18.2. The fraction of sp³-hybridized carbons (Fsp3) is 0.395. The number of halogens is 1. The first-order chi connectivity index (χ1) is 25.2. The van der Waals surface area contributed by atoms with E-state index in [1.807, 2.05) is 48.2 Å². The van der Waals surface area contributed by atoms with Gasteiger partial charge in [0.25, 0.3) is 11.5 Å². The van der Waals surface area contributed by atoms with E-state index in [1.54, 1.807) is 27.7 Å². The fourth-order valence-electron chi connectivity index (χ4n) is 7.56. The number of rotatable bonds is 8. The number of pyridine rings is 1. The Morgan fingerprint density at radius 2 is 1.87 bits per heavy atom. The molecular formula is C38H44ClN9O4. The van der Waals surface area contributed by atoms with Gasteiger partial charge in [0.15, 0.2) is 0 Å². The number of ether oxygens (including phenoxy) is 1. The van der Waals surface area contributed by atoms with E-state index in [0.29, 0.717) is 73.1 Å². The van der Waals surface area contributed by atoms with Crippen molar-refractivity contribution in [2.75, 3.05) is 92.4 Å². The van der Waals surface area contributed by atoms with Gasteiger partial charge in [0, 0.05) is 75.7 Å². The highest BCUT2D eigenvalue weighted by Crippen LogP contribution is 2.40. The lowest BCUT2D eigenvalue weighted by Gasteiger charge is -2.39. The highest BCUT2D eigenvalue weighted by Gasteiger charge is 2.32. The molecule has 0 bridgehead atoms. The molecule has 0 saturated carbocycles. The molecule has 4 aromatic rings. The number of hydrogen-bond donors (Lipinski definition) is 1. The van der Waals surface area contributed by atoms with Crippen LogP contribution < -0.4 is 30.3 Å². The number of carbonyl (C=O) groups is 2. The van der Waals surface area contributed by atoms with Crippen molar-refractivity contribution < 1.29 is 14.3 Å². The molecule has 2 aromatic carbocycles. The maximum Gasteiger partial charge on any atom is 0.276 e. The molecule has 272 valence electrons. The molecule has 3 aliphatic rings. The van der Waals surface area contributed by atoms with Crippen LogP contribution in [0.1, 0.15) is 24.4 Å². The number of para-hydroxylation sites is 1. The normalized spacial score (nSPS) is 18.0. The van der Waals surface area contributed by atoms with Gasteiger partial charge >= 0.3 is 0 Å². The van der Waals surface area contributed by atoms with Crippen LogP contribution in [0.25, 0.3) is 11.0 Å². The zero-order chi connectivity index (χ0) is 36.5. The molecule has 2 saturated heterocycles. The van der Waals surface area contributed by atoms with Crippen molar-refractivity contribution in [3.63, 3.8) is 0 Å². The maximum atomic E-state index is 14.9. The standard InChI is InChI=1S/C38H44ClN9O4/c1-5-33(49)47-19-18-46(30-10-6-8-25(2)35(30)47)31-20-26-23-40-38(41-29-12-11-27(21-32(29)52-4)44-16-14-43(3)15-17-44)42-36(26)48(37(31)51)28-9-7-13-45(24-28)34(50)22-39/h5-6,8,10-12,20-21,23,28H,1,7,9,13-19,22,24H2,2-4H3,(H,40,41,42)/t28-/m1/s1. The number of nitrogens with one attached hydrogen (secondary N) is 1. The number of alkyl halides is 1. The second-order valence-electron chi connectivity index (χ2n) is 13.5. The summed E-state index contributed by atoms with van der Waals surface area (Å²) in [6.45, 7) is 11.2. The summed E-state index contributed by atoms with van der Waals surface area (Å²) in [6, 6.07) is 13.3. The second kappa shape index (κ2) is 14.8. The van der Waals surface area contributed by atoms with E-state index in [2.05, 4.69) is 39.8 Å². The van der Waals surface area contributed by atoms with Crippen LogP contribution in [0.3, 0.4) is 0 Å². The Balaban J connectivity index is 1.31. The summed E-state index contributed by atoms with van der Waals surface area (Å²) in [4.78, 5) is 60.2. The minimum absolute atomic E-state index is 0.127. The average Bonchev–Trinajstić information content (AvgIpc) is 3.17. The van der Waals surface area contributed by atoms with Crippen molar-refractivity contribution in [2.45, 2.75) is 25.8 Å². The van der Waals surface area contributed by atoms with Crippen LogP contribution in [0, 0.1) is 6.92 Å². The van der Waals surface area contributed by atoms with Gasteiger partial charge in [0.2, 0.25) is 11.9 Å². The van der Waals surface area contributed by atoms with Crippen molar-refractivity contribution in [1.29, 1.82) is 0 Å². The monoisotopic (exact) mass is 725 g/mol. The van der Waals surface area contributed by atoms with E-state index >= 15 is 0 Å². The lowest BCUT2D eigenvalue weighted by Crippen LogP contribution is -2.46. The molecule has 5 heterocycles. The molecule has 52 heavy (non-hydrogen) atoms. The Labute approximate surface area is 308 Å². The number of anilines is 6. The van der Waals surface area contributed by atoms with E-state index in [4.69, 9.17) is 21.3 Å². The molecule has 13 nitrogen and oxygen atoms in total. The van der Waals surface area contributed by atoms with Crippen LogP contribution in [0.5, 0.6) is 5.75 Å². The molecule has 2 amide bonds. The maximum absolute atomic E-state index is 14.9. The highest BCUT2D eigenvalue weighted by atomic mass is 35.5. The number of benzene rings is 2. The van der Waals surface area contributed by atoms with Gasteiger partial charge in [-0.25, -0.2) is 4.98 Å². The van der Waals surface area contributed by atoms with Crippen LogP contribution in [-0.2, 0) is 9.59 Å². The van der Waals surface area contributed by atoms with Crippen molar-refractivity contribution in [3.05, 3.63) is 77.2 Å². The number of aryl methyl sites for hydroxylation is 1. The predicted molar refractivity (Wildman–Crippen MR) is 206 cm³/mol. The average molecular weight is 726 g/mol. The number of methoxy groups -OCH3 is 1. The largest absolute Gasteiger partial charge is 0.494 e. The number of likely N-dealkylation sites (N-methyl/N-ethyl adjacent to an activating group) is 1. The van der Waals surface area contributed by atoms with Gasteiger partial charge in [-0.15, -0.1) is 11.6 Å². The van der Waals surface area contributed by atoms with Gasteiger partial charge in [-0.3, -0.25) is 19.0 Å². The first-order valence-electron chi connectivity index (χ1n) is 17.7. The molecular weight excluding hydrogens is 682 g/mol. The third-order valence-corrected chi connectivity index (χ3v) is 10.6.